The molecule has 84 valence electrons. The van der Waals surface area contributed by atoms with Gasteiger partial charge < -0.3 is 0 Å². The molecule has 0 aliphatic carbocycles. The van der Waals surface area contributed by atoms with Crippen LogP contribution in [0.15, 0.2) is 0 Å². The van der Waals surface area contributed by atoms with Crippen molar-refractivity contribution in [1.82, 2.24) is 0 Å². The Balaban J connectivity index is 4.87. The van der Waals surface area contributed by atoms with Crippen LogP contribution < -0.4 is 0 Å². The van der Waals surface area contributed by atoms with Gasteiger partial charge in [-0.1, -0.05) is 0 Å². The van der Waals surface area contributed by atoms with Crippen LogP contribution in [0.1, 0.15) is 34.6 Å². The summed E-state index contributed by atoms with van der Waals surface area (Å²) in [4.78, 5) is 0. The van der Waals surface area contributed by atoms with Crippen molar-refractivity contribution in [1.29, 1.82) is 0 Å². The van der Waals surface area contributed by atoms with E-state index in [4.69, 9.17) is 0 Å². The first-order chi connectivity index (χ1) is 6.05. The zero-order valence-electron chi connectivity index (χ0n) is 10.5. The monoisotopic (exact) mass is 224 g/mol. The minimum absolute atomic E-state index is 0.832. The van der Waals surface area contributed by atoms with Crippen molar-refractivity contribution < 1.29 is 0 Å². The van der Waals surface area contributed by atoms with E-state index in [2.05, 4.69) is 41.3 Å². The molecule has 0 spiro atoms. The van der Waals surface area contributed by atoms with Crippen molar-refractivity contribution in [3.05, 3.63) is 0 Å². The van der Waals surface area contributed by atoms with Crippen molar-refractivity contribution in [2.75, 3.05) is 37.5 Å². The third-order valence-corrected chi connectivity index (χ3v) is 27.6. The molecule has 0 saturated heterocycles. The van der Waals surface area contributed by atoms with Gasteiger partial charge >= 0.3 is 86.0 Å². The third kappa shape index (κ3) is 2.45. The molecule has 0 unspecified atom stereocenters. The quantitative estimate of drug-likeness (QED) is 0.595. The summed E-state index contributed by atoms with van der Waals surface area (Å²) in [7, 11) is 0. The van der Waals surface area contributed by atoms with Gasteiger partial charge in [0, 0.05) is 0 Å². The summed E-state index contributed by atoms with van der Waals surface area (Å²) >= 11 is 0. The van der Waals surface area contributed by atoms with E-state index in [1.165, 1.54) is 30.8 Å². The third-order valence-electron chi connectivity index (χ3n) is 4.87. The molecule has 0 radical (unpaired) electrons. The van der Waals surface area contributed by atoms with Gasteiger partial charge in [-0.25, -0.2) is 0 Å². The van der Waals surface area contributed by atoms with Crippen molar-refractivity contribution in [3.8, 4) is 0 Å². The first-order valence-corrected chi connectivity index (χ1v) is 12.6. The topological polar surface area (TPSA) is 0 Å². The van der Waals surface area contributed by atoms with Gasteiger partial charge in [-0.3, -0.25) is 0 Å². The number of rotatable bonds is 6. The zero-order valence-corrected chi connectivity index (χ0v) is 12.5. The van der Waals surface area contributed by atoms with E-state index >= 15 is 0 Å². The molecule has 0 fully saturated rings. The van der Waals surface area contributed by atoms with E-state index in [0.717, 1.165) is 0 Å². The van der Waals surface area contributed by atoms with Crippen molar-refractivity contribution in [3.63, 3.8) is 0 Å². The molecule has 0 aliphatic heterocycles. The molecular formula is C11H30P2. The van der Waals surface area contributed by atoms with E-state index in [1.807, 2.05) is 0 Å². The van der Waals surface area contributed by atoms with Crippen LogP contribution in [0.25, 0.3) is 0 Å². The Labute approximate surface area is 86.5 Å². The number of hydrogen-bond acceptors (Lipinski definition) is 0. The molecule has 0 amide bonds. The predicted octanol–water partition coefficient (Wildman–Crippen LogP) is 4.13. The fourth-order valence-electron chi connectivity index (χ4n) is 3.03. The molecule has 0 bridgehead atoms. The Morgan fingerprint density at radius 3 is 1.00 bits per heavy atom. The Morgan fingerprint density at radius 1 is 0.615 bits per heavy atom. The first kappa shape index (κ1) is 13.9. The number of hydrogen-bond donors (Lipinski definition) is 0. The Hall–Kier alpha value is 0.860. The first-order valence-electron chi connectivity index (χ1n) is 6.05. The van der Waals surface area contributed by atoms with Crippen LogP contribution in [0, 0.1) is 0 Å². The summed E-state index contributed by atoms with van der Waals surface area (Å²) in [5, 5.41) is 0. The van der Waals surface area contributed by atoms with Crippen LogP contribution in [0.5, 0.6) is 0 Å². The molecule has 0 rings (SSSR count). The van der Waals surface area contributed by atoms with Crippen LogP contribution in [0.3, 0.4) is 0 Å². The second kappa shape index (κ2) is 5.67. The summed E-state index contributed by atoms with van der Waals surface area (Å²) in [6.45, 7) is 13.3. The van der Waals surface area contributed by atoms with Gasteiger partial charge in [0.05, 0.1) is 0 Å². The molecule has 0 aromatic heterocycles. The van der Waals surface area contributed by atoms with E-state index < -0.39 is 13.9 Å². The summed E-state index contributed by atoms with van der Waals surface area (Å²) in [5.41, 5.74) is 0. The van der Waals surface area contributed by atoms with Gasteiger partial charge in [0.15, 0.2) is 0 Å². The Morgan fingerprint density at radius 2 is 0.923 bits per heavy atom. The van der Waals surface area contributed by atoms with Gasteiger partial charge in [0.2, 0.25) is 0 Å². The zero-order chi connectivity index (χ0) is 10.5. The van der Waals surface area contributed by atoms with Crippen LogP contribution in [0.4, 0.5) is 0 Å². The Bertz CT molecular complexity index is 127. The molecule has 13 heavy (non-hydrogen) atoms. The average Bonchev–Trinajstić information content (AvgIpc) is 2.20. The molecule has 0 atom stereocenters. The average molecular weight is 224 g/mol. The molecular weight excluding hydrogens is 194 g/mol. The molecule has 0 aromatic carbocycles. The second-order valence-electron chi connectivity index (χ2n) is 4.61. The van der Waals surface area contributed by atoms with E-state index in [-0.39, 0.29) is 0 Å². The maximum atomic E-state index is 2.68. The van der Waals surface area contributed by atoms with Crippen molar-refractivity contribution >= 4 is 13.9 Å². The normalized spacial score (nSPS) is 15.8. The Kier molecular flexibility index (Phi) is 6.05. The molecule has 0 heterocycles. The molecule has 0 aromatic rings. The van der Waals surface area contributed by atoms with Crippen LogP contribution in [0.2, 0.25) is 0 Å². The maximum absolute atomic E-state index is 2.68. The van der Waals surface area contributed by atoms with E-state index in [1.54, 1.807) is 0 Å². The molecule has 2 heteroatoms. The van der Waals surface area contributed by atoms with Gasteiger partial charge in [-0.15, -0.1) is 0 Å². The van der Waals surface area contributed by atoms with Crippen LogP contribution in [-0.2, 0) is 0 Å². The molecule has 0 N–H and O–H groups in total. The van der Waals surface area contributed by atoms with E-state index in [9.17, 15) is 0 Å². The summed E-state index contributed by atoms with van der Waals surface area (Å²) in [5.74, 6) is 0. The molecule has 0 nitrogen and oxygen atoms in total. The van der Waals surface area contributed by atoms with Crippen LogP contribution >= 0.6 is 13.9 Å². The molecule has 0 aliphatic rings. The summed E-state index contributed by atoms with van der Waals surface area (Å²) in [6, 6.07) is 0. The van der Waals surface area contributed by atoms with Gasteiger partial charge in [0.1, 0.15) is 0 Å². The van der Waals surface area contributed by atoms with Crippen molar-refractivity contribution in [2.24, 2.45) is 0 Å². The second-order valence-corrected chi connectivity index (χ2v) is 20.6. The fourth-order valence-corrected chi connectivity index (χ4v) is 21.3. The van der Waals surface area contributed by atoms with Gasteiger partial charge in [-0.2, -0.15) is 0 Å². The standard InChI is InChI=1S/C11H30P2/c1-7-12(6,8-2)13(9-3,10-4)11-5/h12-13H,7-11H2,1-6H3. The summed E-state index contributed by atoms with van der Waals surface area (Å²) in [6.07, 6.45) is 7.63. The van der Waals surface area contributed by atoms with Crippen LogP contribution in [-0.4, -0.2) is 37.5 Å². The van der Waals surface area contributed by atoms with Gasteiger partial charge in [0.25, 0.3) is 0 Å². The summed E-state index contributed by atoms with van der Waals surface area (Å²) < 4.78 is 0. The van der Waals surface area contributed by atoms with Crippen molar-refractivity contribution in [2.45, 2.75) is 34.6 Å². The minimum atomic E-state index is -0.838. The van der Waals surface area contributed by atoms with Gasteiger partial charge in [-0.05, 0) is 0 Å². The molecule has 0 saturated carbocycles. The SMILES string of the molecule is CC[PH](C)(CC)[PH](CC)(CC)CC. The predicted molar refractivity (Wildman–Crippen MR) is 75.3 cm³/mol. The fraction of sp³-hybridized carbons (Fsp3) is 1.00. The van der Waals surface area contributed by atoms with E-state index in [0.29, 0.717) is 0 Å².